The molecule has 1 saturated carbocycles. The maximum absolute atomic E-state index is 14.1. The molecular formula is C18H26F2S. The summed E-state index contributed by atoms with van der Waals surface area (Å²) < 4.78 is 27.7. The Kier molecular flexibility index (Phi) is 4.72. The van der Waals surface area contributed by atoms with Crippen molar-refractivity contribution in [2.45, 2.75) is 63.5 Å². The first-order valence-corrected chi connectivity index (χ1v) is 8.25. The molecule has 3 heteroatoms. The van der Waals surface area contributed by atoms with Crippen molar-refractivity contribution in [1.82, 2.24) is 0 Å². The zero-order valence-corrected chi connectivity index (χ0v) is 14.3. The summed E-state index contributed by atoms with van der Waals surface area (Å²) >= 11 is 4.69. The summed E-state index contributed by atoms with van der Waals surface area (Å²) in [6.07, 6.45) is 4.33. The van der Waals surface area contributed by atoms with Gasteiger partial charge in [-0.3, -0.25) is 0 Å². The molecule has 0 atom stereocenters. The number of rotatable bonds is 3. The minimum atomic E-state index is -0.745. The number of hydrogen-bond donors (Lipinski definition) is 1. The number of hydrogen-bond acceptors (Lipinski definition) is 1. The van der Waals surface area contributed by atoms with Crippen LogP contribution in [-0.4, -0.2) is 4.75 Å². The van der Waals surface area contributed by atoms with E-state index in [2.05, 4.69) is 26.5 Å². The van der Waals surface area contributed by atoms with Gasteiger partial charge in [-0.05, 0) is 54.6 Å². The second-order valence-electron chi connectivity index (χ2n) is 7.53. The Labute approximate surface area is 132 Å². The van der Waals surface area contributed by atoms with Gasteiger partial charge in [-0.1, -0.05) is 39.8 Å². The first-order chi connectivity index (χ1) is 9.64. The molecule has 0 nitrogen and oxygen atoms in total. The third-order valence-corrected chi connectivity index (χ3v) is 5.76. The molecule has 0 saturated heterocycles. The van der Waals surface area contributed by atoms with Crippen LogP contribution in [0.4, 0.5) is 8.78 Å². The van der Waals surface area contributed by atoms with Crippen LogP contribution in [0.5, 0.6) is 0 Å². The van der Waals surface area contributed by atoms with Gasteiger partial charge in [-0.15, -0.1) is 0 Å². The van der Waals surface area contributed by atoms with Gasteiger partial charge in [0.05, 0.1) is 0 Å². The highest BCUT2D eigenvalue weighted by molar-refractivity contribution is 7.81. The van der Waals surface area contributed by atoms with E-state index < -0.39 is 11.6 Å². The van der Waals surface area contributed by atoms with E-state index >= 15 is 0 Å². The quantitative estimate of drug-likeness (QED) is 0.674. The molecule has 118 valence electrons. The lowest BCUT2D eigenvalue weighted by atomic mass is 9.64. The Morgan fingerprint density at radius 2 is 1.48 bits per heavy atom. The van der Waals surface area contributed by atoms with Gasteiger partial charge in [0.2, 0.25) is 0 Å². The average molecular weight is 312 g/mol. The van der Waals surface area contributed by atoms with Gasteiger partial charge < -0.3 is 0 Å². The lowest BCUT2D eigenvalue weighted by Gasteiger charge is -2.43. The van der Waals surface area contributed by atoms with Crippen molar-refractivity contribution >= 4 is 12.6 Å². The average Bonchev–Trinajstić information content (AvgIpc) is 2.41. The highest BCUT2D eigenvalue weighted by atomic mass is 32.1. The fraction of sp³-hybridized carbons (Fsp3) is 0.667. The number of halogens is 2. The highest BCUT2D eigenvalue weighted by Crippen LogP contribution is 2.46. The van der Waals surface area contributed by atoms with Crippen LogP contribution in [0.3, 0.4) is 0 Å². The van der Waals surface area contributed by atoms with Crippen molar-refractivity contribution in [3.8, 4) is 0 Å². The van der Waals surface area contributed by atoms with Gasteiger partial charge in [0.25, 0.3) is 0 Å². The van der Waals surface area contributed by atoms with E-state index in [-0.39, 0.29) is 10.2 Å². The lowest BCUT2D eigenvalue weighted by molar-refractivity contribution is 0.174. The van der Waals surface area contributed by atoms with Crippen molar-refractivity contribution in [3.63, 3.8) is 0 Å². The van der Waals surface area contributed by atoms with Gasteiger partial charge >= 0.3 is 0 Å². The van der Waals surface area contributed by atoms with E-state index in [0.717, 1.165) is 25.7 Å². The van der Waals surface area contributed by atoms with Crippen molar-refractivity contribution in [1.29, 1.82) is 0 Å². The zero-order chi connectivity index (χ0) is 15.8. The van der Waals surface area contributed by atoms with Crippen LogP contribution in [0.1, 0.15) is 58.9 Å². The number of thiol groups is 1. The van der Waals surface area contributed by atoms with Gasteiger partial charge in [-0.2, -0.15) is 12.6 Å². The summed E-state index contributed by atoms with van der Waals surface area (Å²) in [5.74, 6) is -0.434. The van der Waals surface area contributed by atoms with E-state index in [9.17, 15) is 8.78 Å². The molecule has 0 heterocycles. The topological polar surface area (TPSA) is 0 Å². The molecule has 0 N–H and O–H groups in total. The molecule has 21 heavy (non-hydrogen) atoms. The fourth-order valence-electron chi connectivity index (χ4n) is 3.74. The second kappa shape index (κ2) is 5.91. The predicted molar refractivity (Wildman–Crippen MR) is 87.9 cm³/mol. The van der Waals surface area contributed by atoms with E-state index in [1.807, 2.05) is 13.8 Å². The second-order valence-corrected chi connectivity index (χ2v) is 8.68. The first-order valence-electron chi connectivity index (χ1n) is 7.81. The third kappa shape index (κ3) is 3.44. The van der Waals surface area contributed by atoms with Crippen LogP contribution in [0.2, 0.25) is 0 Å². The standard InChI is InChI=1S/C18H26F2S/c1-17(2,14-6-5-7-15(19)16(14)20)12-8-10-13(11-9-12)18(3,4)21/h5-7,12-13,21H,8-11H2,1-4H3. The molecule has 0 aromatic heterocycles. The van der Waals surface area contributed by atoms with Crippen LogP contribution in [-0.2, 0) is 5.41 Å². The molecule has 0 amide bonds. The maximum atomic E-state index is 14.1. The van der Waals surface area contributed by atoms with Gasteiger partial charge in [-0.25, -0.2) is 8.78 Å². The van der Waals surface area contributed by atoms with Crippen molar-refractivity contribution < 1.29 is 8.78 Å². The Morgan fingerprint density at radius 1 is 0.952 bits per heavy atom. The molecule has 0 spiro atoms. The van der Waals surface area contributed by atoms with E-state index in [4.69, 9.17) is 0 Å². The Morgan fingerprint density at radius 3 is 2.00 bits per heavy atom. The molecule has 1 aliphatic carbocycles. The molecule has 0 unspecified atom stereocenters. The maximum Gasteiger partial charge on any atom is 0.162 e. The summed E-state index contributed by atoms with van der Waals surface area (Å²) in [4.78, 5) is 0. The van der Waals surface area contributed by atoms with Gasteiger partial charge in [0.1, 0.15) is 0 Å². The molecule has 1 fully saturated rings. The van der Waals surface area contributed by atoms with Crippen LogP contribution in [0.25, 0.3) is 0 Å². The fourth-order valence-corrected chi connectivity index (χ4v) is 4.00. The van der Waals surface area contributed by atoms with Crippen molar-refractivity contribution in [2.75, 3.05) is 0 Å². The SMILES string of the molecule is CC(C)(S)C1CCC(C(C)(C)c2cccc(F)c2F)CC1. The molecule has 1 aliphatic rings. The molecule has 0 bridgehead atoms. The summed E-state index contributed by atoms with van der Waals surface area (Å²) in [5.41, 5.74) is 0.175. The molecule has 0 radical (unpaired) electrons. The normalized spacial score (nSPS) is 24.1. The summed E-state index contributed by atoms with van der Waals surface area (Å²) in [7, 11) is 0. The third-order valence-electron chi connectivity index (χ3n) is 5.39. The van der Waals surface area contributed by atoms with Crippen molar-refractivity contribution in [2.24, 2.45) is 11.8 Å². The molecule has 0 aliphatic heterocycles. The Bertz CT molecular complexity index is 494. The smallest absolute Gasteiger partial charge is 0.162 e. The summed E-state index contributed by atoms with van der Waals surface area (Å²) in [5, 5.41) is 0. The lowest BCUT2D eigenvalue weighted by Crippen LogP contribution is -2.36. The molecule has 1 aromatic rings. The first kappa shape index (κ1) is 16.8. The molecular weight excluding hydrogens is 286 g/mol. The minimum Gasteiger partial charge on any atom is -0.204 e. The summed E-state index contributed by atoms with van der Waals surface area (Å²) in [6.45, 7) is 8.42. The highest BCUT2D eigenvalue weighted by Gasteiger charge is 2.39. The van der Waals surface area contributed by atoms with Crippen LogP contribution < -0.4 is 0 Å². The van der Waals surface area contributed by atoms with Gasteiger partial charge in [0, 0.05) is 4.75 Å². The Balaban J connectivity index is 2.17. The monoisotopic (exact) mass is 312 g/mol. The van der Waals surface area contributed by atoms with E-state index in [1.165, 1.54) is 6.07 Å². The van der Waals surface area contributed by atoms with Crippen molar-refractivity contribution in [3.05, 3.63) is 35.4 Å². The van der Waals surface area contributed by atoms with Crippen LogP contribution in [0.15, 0.2) is 18.2 Å². The van der Waals surface area contributed by atoms with Crippen LogP contribution in [0, 0.1) is 23.5 Å². The van der Waals surface area contributed by atoms with E-state index in [1.54, 1.807) is 12.1 Å². The Hall–Kier alpha value is -0.570. The minimum absolute atomic E-state index is 0.0409. The molecule has 1 aromatic carbocycles. The van der Waals surface area contributed by atoms with Crippen LogP contribution >= 0.6 is 12.6 Å². The largest absolute Gasteiger partial charge is 0.204 e. The predicted octanol–water partition coefficient (Wildman–Crippen LogP) is 5.76. The van der Waals surface area contributed by atoms with E-state index in [0.29, 0.717) is 17.4 Å². The number of benzene rings is 1. The van der Waals surface area contributed by atoms with Gasteiger partial charge in [0.15, 0.2) is 11.6 Å². The molecule has 2 rings (SSSR count). The summed E-state index contributed by atoms with van der Waals surface area (Å²) in [6, 6.07) is 4.53. The zero-order valence-electron chi connectivity index (χ0n) is 13.4.